The van der Waals surface area contributed by atoms with Crippen LogP contribution in [-0.4, -0.2) is 19.2 Å². The third-order valence-electron chi connectivity index (χ3n) is 6.44. The van der Waals surface area contributed by atoms with Gasteiger partial charge < -0.3 is 14.2 Å². The number of esters is 1. The van der Waals surface area contributed by atoms with Gasteiger partial charge in [-0.25, -0.2) is 9.18 Å². The summed E-state index contributed by atoms with van der Waals surface area (Å²) < 4.78 is 31.2. The minimum atomic E-state index is -0.613. The van der Waals surface area contributed by atoms with Crippen molar-refractivity contribution in [2.75, 3.05) is 13.2 Å². The molecule has 0 aliphatic carbocycles. The Balaban J connectivity index is 1.46. The summed E-state index contributed by atoms with van der Waals surface area (Å²) in [4.78, 5) is 12.5. The van der Waals surface area contributed by atoms with E-state index in [9.17, 15) is 9.18 Å². The number of hydrogen-bond donors (Lipinski definition) is 0. The van der Waals surface area contributed by atoms with Crippen LogP contribution in [0.3, 0.4) is 0 Å². The number of hydrogen-bond acceptors (Lipinski definition) is 4. The maximum atomic E-state index is 14.4. The SMILES string of the molecule is CCCCCCCCOc1ccc(-c2ccc(OC(=O)c3ccc(OCCCCCC)c(F)c3)cc2)cc1. The van der Waals surface area contributed by atoms with Gasteiger partial charge in [-0.2, -0.15) is 0 Å². The van der Waals surface area contributed by atoms with Crippen molar-refractivity contribution in [3.63, 3.8) is 0 Å². The van der Waals surface area contributed by atoms with Gasteiger partial charge in [0, 0.05) is 0 Å². The van der Waals surface area contributed by atoms with Gasteiger partial charge in [0.1, 0.15) is 11.5 Å². The highest BCUT2D eigenvalue weighted by Crippen LogP contribution is 2.26. The first kappa shape index (κ1) is 29.2. The van der Waals surface area contributed by atoms with Gasteiger partial charge in [0.25, 0.3) is 0 Å². The molecule has 3 aromatic rings. The molecule has 0 bridgehead atoms. The third-order valence-corrected chi connectivity index (χ3v) is 6.44. The Kier molecular flexibility index (Phi) is 12.7. The quantitative estimate of drug-likeness (QED) is 0.101. The van der Waals surface area contributed by atoms with Gasteiger partial charge in [-0.1, -0.05) is 89.5 Å². The molecule has 0 heterocycles. The molecule has 3 rings (SSSR count). The second-order valence-corrected chi connectivity index (χ2v) is 9.61. The molecule has 0 aliphatic heterocycles. The van der Waals surface area contributed by atoms with Crippen molar-refractivity contribution in [1.29, 1.82) is 0 Å². The fourth-order valence-electron chi connectivity index (χ4n) is 4.15. The minimum absolute atomic E-state index is 0.140. The molecule has 0 N–H and O–H groups in total. The first-order chi connectivity index (χ1) is 18.6. The van der Waals surface area contributed by atoms with Crippen LogP contribution >= 0.6 is 0 Å². The van der Waals surface area contributed by atoms with Crippen molar-refractivity contribution < 1.29 is 23.4 Å². The maximum Gasteiger partial charge on any atom is 0.343 e. The van der Waals surface area contributed by atoms with E-state index in [2.05, 4.69) is 13.8 Å². The molecule has 4 nitrogen and oxygen atoms in total. The number of carbonyl (C=O) groups excluding carboxylic acids is 1. The molecule has 0 atom stereocenters. The lowest BCUT2D eigenvalue weighted by molar-refractivity contribution is 0.0734. The van der Waals surface area contributed by atoms with E-state index in [1.807, 2.05) is 36.4 Å². The normalized spacial score (nSPS) is 10.8. The molecule has 0 aromatic heterocycles. The Morgan fingerprint density at radius 2 is 1.16 bits per heavy atom. The summed E-state index contributed by atoms with van der Waals surface area (Å²) >= 11 is 0. The van der Waals surface area contributed by atoms with Gasteiger partial charge in [0.05, 0.1) is 18.8 Å². The third kappa shape index (κ3) is 9.85. The van der Waals surface area contributed by atoms with Crippen LogP contribution in [0.4, 0.5) is 4.39 Å². The molecule has 0 saturated heterocycles. The lowest BCUT2D eigenvalue weighted by Crippen LogP contribution is -2.09. The number of carbonyl (C=O) groups is 1. The van der Waals surface area contributed by atoms with Crippen molar-refractivity contribution in [3.05, 3.63) is 78.1 Å². The van der Waals surface area contributed by atoms with Gasteiger partial charge in [-0.15, -0.1) is 0 Å². The number of rotatable bonds is 17. The fourth-order valence-corrected chi connectivity index (χ4v) is 4.15. The molecular weight excluding hydrogens is 479 g/mol. The van der Waals surface area contributed by atoms with Gasteiger partial charge in [0.15, 0.2) is 11.6 Å². The summed E-state index contributed by atoms with van der Waals surface area (Å²) in [7, 11) is 0. The van der Waals surface area contributed by atoms with E-state index in [0.717, 1.165) is 61.7 Å². The van der Waals surface area contributed by atoms with E-state index in [4.69, 9.17) is 14.2 Å². The fraction of sp³-hybridized carbons (Fsp3) is 0.424. The van der Waals surface area contributed by atoms with Crippen molar-refractivity contribution in [2.24, 2.45) is 0 Å². The van der Waals surface area contributed by atoms with Crippen molar-refractivity contribution in [1.82, 2.24) is 0 Å². The topological polar surface area (TPSA) is 44.8 Å². The minimum Gasteiger partial charge on any atom is -0.494 e. The highest BCUT2D eigenvalue weighted by molar-refractivity contribution is 5.91. The smallest absolute Gasteiger partial charge is 0.343 e. The van der Waals surface area contributed by atoms with Gasteiger partial charge in [-0.3, -0.25) is 0 Å². The predicted molar refractivity (Wildman–Crippen MR) is 152 cm³/mol. The molecular formula is C33H41FO4. The predicted octanol–water partition coefficient (Wildman–Crippen LogP) is 9.41. The van der Waals surface area contributed by atoms with Crippen molar-refractivity contribution >= 4 is 5.97 Å². The van der Waals surface area contributed by atoms with Gasteiger partial charge in [-0.05, 0) is 66.4 Å². The second kappa shape index (κ2) is 16.5. The van der Waals surface area contributed by atoms with Crippen LogP contribution in [-0.2, 0) is 0 Å². The first-order valence-electron chi connectivity index (χ1n) is 14.1. The highest BCUT2D eigenvalue weighted by atomic mass is 19.1. The number of benzene rings is 3. The molecule has 3 aromatic carbocycles. The first-order valence-corrected chi connectivity index (χ1v) is 14.1. The van der Waals surface area contributed by atoms with E-state index in [0.29, 0.717) is 12.4 Å². The largest absolute Gasteiger partial charge is 0.494 e. The second-order valence-electron chi connectivity index (χ2n) is 9.61. The Morgan fingerprint density at radius 3 is 1.76 bits per heavy atom. The van der Waals surface area contributed by atoms with Crippen LogP contribution in [0.1, 0.15) is 88.4 Å². The molecule has 0 unspecified atom stereocenters. The molecule has 0 fully saturated rings. The van der Waals surface area contributed by atoms with Crippen LogP contribution in [0, 0.1) is 5.82 Å². The summed E-state index contributed by atoms with van der Waals surface area (Å²) in [6.45, 7) is 5.57. The molecule has 0 spiro atoms. The van der Waals surface area contributed by atoms with Gasteiger partial charge in [0.2, 0.25) is 0 Å². The lowest BCUT2D eigenvalue weighted by Gasteiger charge is -2.10. The van der Waals surface area contributed by atoms with Crippen LogP contribution in [0.2, 0.25) is 0 Å². The summed E-state index contributed by atoms with van der Waals surface area (Å²) in [6.07, 6.45) is 11.7. The van der Waals surface area contributed by atoms with E-state index in [1.165, 1.54) is 44.2 Å². The molecule has 0 amide bonds. The molecule has 0 radical (unpaired) electrons. The summed E-state index contributed by atoms with van der Waals surface area (Å²) in [6, 6.07) is 19.4. The average molecular weight is 521 g/mol. The van der Waals surface area contributed by atoms with Crippen LogP contribution in [0.5, 0.6) is 17.2 Å². The number of unbranched alkanes of at least 4 members (excludes halogenated alkanes) is 8. The molecule has 204 valence electrons. The van der Waals surface area contributed by atoms with Crippen LogP contribution < -0.4 is 14.2 Å². The molecule has 0 aliphatic rings. The zero-order valence-electron chi connectivity index (χ0n) is 22.8. The van der Waals surface area contributed by atoms with Crippen molar-refractivity contribution in [2.45, 2.75) is 78.1 Å². The summed E-state index contributed by atoms with van der Waals surface area (Å²) in [5, 5.41) is 0. The summed E-state index contributed by atoms with van der Waals surface area (Å²) in [5.74, 6) is 0.242. The number of halogens is 1. The molecule has 38 heavy (non-hydrogen) atoms. The summed E-state index contributed by atoms with van der Waals surface area (Å²) in [5.41, 5.74) is 2.18. The van der Waals surface area contributed by atoms with E-state index >= 15 is 0 Å². The van der Waals surface area contributed by atoms with E-state index in [-0.39, 0.29) is 11.3 Å². The van der Waals surface area contributed by atoms with E-state index < -0.39 is 11.8 Å². The molecule has 5 heteroatoms. The Morgan fingerprint density at radius 1 is 0.632 bits per heavy atom. The Labute approximate surface area is 227 Å². The zero-order valence-corrected chi connectivity index (χ0v) is 22.8. The van der Waals surface area contributed by atoms with Crippen LogP contribution in [0.15, 0.2) is 66.7 Å². The number of ether oxygens (including phenoxy) is 3. The maximum absolute atomic E-state index is 14.4. The van der Waals surface area contributed by atoms with E-state index in [1.54, 1.807) is 12.1 Å². The lowest BCUT2D eigenvalue weighted by atomic mass is 10.1. The van der Waals surface area contributed by atoms with Gasteiger partial charge >= 0.3 is 5.97 Å². The highest BCUT2D eigenvalue weighted by Gasteiger charge is 2.13. The Bertz CT molecular complexity index is 1090. The standard InChI is InChI=1S/C33H41FO4/c1-3-5-7-9-10-12-23-36-29-18-13-26(14-19-29)27-15-20-30(21-16-27)38-33(35)28-17-22-32(31(34)25-28)37-24-11-8-6-4-2/h13-22,25H,3-12,23-24H2,1-2H3. The Hall–Kier alpha value is -3.34. The molecule has 0 saturated carbocycles. The van der Waals surface area contributed by atoms with Crippen molar-refractivity contribution in [3.8, 4) is 28.4 Å². The van der Waals surface area contributed by atoms with Crippen LogP contribution in [0.25, 0.3) is 11.1 Å². The monoisotopic (exact) mass is 520 g/mol. The zero-order chi connectivity index (χ0) is 27.0. The average Bonchev–Trinajstić information content (AvgIpc) is 2.94.